The average molecular weight is 381 g/mol. The summed E-state index contributed by atoms with van der Waals surface area (Å²) >= 11 is 6.33. The van der Waals surface area contributed by atoms with Crippen molar-refractivity contribution in [2.45, 2.75) is 19.8 Å². The van der Waals surface area contributed by atoms with Gasteiger partial charge < -0.3 is 14.6 Å². The zero-order valence-corrected chi connectivity index (χ0v) is 15.6. The van der Waals surface area contributed by atoms with E-state index in [0.717, 1.165) is 23.7 Å². The molecule has 0 aliphatic carbocycles. The van der Waals surface area contributed by atoms with E-state index in [1.807, 2.05) is 13.0 Å². The van der Waals surface area contributed by atoms with Crippen molar-refractivity contribution in [3.05, 3.63) is 28.7 Å². The molecule has 1 heterocycles. The van der Waals surface area contributed by atoms with Gasteiger partial charge in [0.15, 0.2) is 11.5 Å². The van der Waals surface area contributed by atoms with Gasteiger partial charge >= 0.3 is 5.97 Å². The highest BCUT2D eigenvalue weighted by Gasteiger charge is 2.32. The molecule has 0 unspecified atom stereocenters. The number of rotatable bonds is 8. The standard InChI is InChI=1S/C17H19NO5S2/c1-3-8-23-12-5-4-11(9-13(12)22-2)10-14-16(21)18(17(24)25-14)7-6-15(19)20/h4-5,9-10H,3,6-8H2,1-2H3,(H,19,20)/b14-10-. The summed E-state index contributed by atoms with van der Waals surface area (Å²) < 4.78 is 11.3. The highest BCUT2D eigenvalue weighted by molar-refractivity contribution is 8.26. The van der Waals surface area contributed by atoms with Crippen LogP contribution >= 0.6 is 24.0 Å². The summed E-state index contributed by atoms with van der Waals surface area (Å²) in [5.41, 5.74) is 0.777. The molecule has 134 valence electrons. The molecule has 1 fully saturated rings. The number of carboxylic acids is 1. The number of carbonyl (C=O) groups is 2. The fraction of sp³-hybridized carbons (Fsp3) is 0.353. The summed E-state index contributed by atoms with van der Waals surface area (Å²) in [6.07, 6.45) is 2.47. The highest BCUT2D eigenvalue weighted by Crippen LogP contribution is 2.34. The minimum atomic E-state index is -0.967. The van der Waals surface area contributed by atoms with Gasteiger partial charge in [0, 0.05) is 6.54 Å². The number of nitrogens with zero attached hydrogens (tertiary/aromatic N) is 1. The quantitative estimate of drug-likeness (QED) is 0.547. The van der Waals surface area contributed by atoms with Crippen LogP contribution in [0.4, 0.5) is 0 Å². The van der Waals surface area contributed by atoms with Crippen LogP contribution in [0.5, 0.6) is 11.5 Å². The van der Waals surface area contributed by atoms with Gasteiger partial charge in [0.05, 0.1) is 25.0 Å². The van der Waals surface area contributed by atoms with Crippen LogP contribution in [0.25, 0.3) is 6.08 Å². The molecule has 2 rings (SSSR count). The first-order valence-electron chi connectivity index (χ1n) is 7.74. The topological polar surface area (TPSA) is 76.1 Å². The van der Waals surface area contributed by atoms with Gasteiger partial charge in [-0.15, -0.1) is 0 Å². The molecule has 0 bridgehead atoms. The molecule has 1 aromatic carbocycles. The summed E-state index contributed by atoms with van der Waals surface area (Å²) in [5.74, 6) is -0.00831. The molecule has 0 saturated carbocycles. The monoisotopic (exact) mass is 381 g/mol. The van der Waals surface area contributed by atoms with Crippen LogP contribution in [-0.4, -0.2) is 46.5 Å². The van der Waals surface area contributed by atoms with Gasteiger partial charge in [0.2, 0.25) is 0 Å². The Morgan fingerprint density at radius 3 is 2.80 bits per heavy atom. The molecule has 25 heavy (non-hydrogen) atoms. The maximum atomic E-state index is 12.4. The molecule has 1 aromatic rings. The smallest absolute Gasteiger partial charge is 0.305 e. The van der Waals surface area contributed by atoms with Gasteiger partial charge in [0.25, 0.3) is 5.91 Å². The molecule has 1 amide bonds. The Bertz CT molecular complexity index is 717. The van der Waals surface area contributed by atoms with E-state index in [1.165, 1.54) is 4.90 Å². The van der Waals surface area contributed by atoms with E-state index in [1.54, 1.807) is 25.3 Å². The molecule has 0 spiro atoms. The lowest BCUT2D eigenvalue weighted by Gasteiger charge is -2.12. The minimum Gasteiger partial charge on any atom is -0.493 e. The van der Waals surface area contributed by atoms with Crippen molar-refractivity contribution in [2.75, 3.05) is 20.3 Å². The number of hydrogen-bond donors (Lipinski definition) is 1. The van der Waals surface area contributed by atoms with Crippen LogP contribution in [0, 0.1) is 0 Å². The Balaban J connectivity index is 2.18. The molecule has 1 N–H and O–H groups in total. The number of hydrogen-bond acceptors (Lipinski definition) is 6. The van der Waals surface area contributed by atoms with Crippen molar-refractivity contribution >= 4 is 46.3 Å². The number of thioether (sulfide) groups is 1. The molecular formula is C17H19NO5S2. The number of carbonyl (C=O) groups excluding carboxylic acids is 1. The zero-order chi connectivity index (χ0) is 18.4. The Kier molecular flexibility index (Phi) is 6.83. The average Bonchev–Trinajstić information content (AvgIpc) is 2.85. The van der Waals surface area contributed by atoms with Crippen molar-refractivity contribution in [1.29, 1.82) is 0 Å². The van der Waals surface area contributed by atoms with Crippen molar-refractivity contribution in [3.63, 3.8) is 0 Å². The van der Waals surface area contributed by atoms with Gasteiger partial charge in [-0.3, -0.25) is 14.5 Å². The Labute approximate surface area is 155 Å². The summed E-state index contributed by atoms with van der Waals surface area (Å²) in [4.78, 5) is 24.9. The van der Waals surface area contributed by atoms with E-state index in [2.05, 4.69) is 0 Å². The van der Waals surface area contributed by atoms with Gasteiger partial charge in [0.1, 0.15) is 4.32 Å². The number of methoxy groups -OCH3 is 1. The molecule has 1 aliphatic heterocycles. The van der Waals surface area contributed by atoms with Gasteiger partial charge in [-0.25, -0.2) is 0 Å². The lowest BCUT2D eigenvalue weighted by atomic mass is 10.2. The Morgan fingerprint density at radius 2 is 2.16 bits per heavy atom. The first-order chi connectivity index (χ1) is 12.0. The fourth-order valence-electron chi connectivity index (χ4n) is 2.16. The molecule has 0 aromatic heterocycles. The summed E-state index contributed by atoms with van der Waals surface area (Å²) in [6.45, 7) is 2.69. The second-order valence-electron chi connectivity index (χ2n) is 5.24. The number of thiocarbonyl (C=S) groups is 1. The van der Waals surface area contributed by atoms with Crippen LogP contribution in [0.1, 0.15) is 25.3 Å². The van der Waals surface area contributed by atoms with E-state index in [4.69, 9.17) is 26.8 Å². The molecule has 1 aliphatic rings. The van der Waals surface area contributed by atoms with E-state index in [0.29, 0.717) is 27.3 Å². The Morgan fingerprint density at radius 1 is 1.40 bits per heavy atom. The molecule has 6 nitrogen and oxygen atoms in total. The normalized spacial score (nSPS) is 15.8. The van der Waals surface area contributed by atoms with E-state index in [9.17, 15) is 9.59 Å². The summed E-state index contributed by atoms with van der Waals surface area (Å²) in [5, 5.41) is 8.76. The van der Waals surface area contributed by atoms with Gasteiger partial charge in [-0.2, -0.15) is 0 Å². The first-order valence-corrected chi connectivity index (χ1v) is 8.96. The fourth-order valence-corrected chi connectivity index (χ4v) is 3.47. The van der Waals surface area contributed by atoms with Gasteiger partial charge in [-0.05, 0) is 30.2 Å². The number of benzene rings is 1. The molecule has 0 radical (unpaired) electrons. The summed E-state index contributed by atoms with van der Waals surface area (Å²) in [7, 11) is 1.56. The van der Waals surface area contributed by atoms with Crippen LogP contribution in [-0.2, 0) is 9.59 Å². The second kappa shape index (κ2) is 8.87. The molecule has 8 heteroatoms. The number of ether oxygens (including phenoxy) is 2. The van der Waals surface area contributed by atoms with Crippen LogP contribution in [0.15, 0.2) is 23.1 Å². The third kappa shape index (κ3) is 4.96. The largest absolute Gasteiger partial charge is 0.493 e. The lowest BCUT2D eigenvalue weighted by molar-refractivity contribution is -0.137. The van der Waals surface area contributed by atoms with E-state index < -0.39 is 5.97 Å². The second-order valence-corrected chi connectivity index (χ2v) is 6.91. The van der Waals surface area contributed by atoms with Gasteiger partial charge in [-0.1, -0.05) is 37.0 Å². The van der Waals surface area contributed by atoms with Crippen LogP contribution in [0.3, 0.4) is 0 Å². The van der Waals surface area contributed by atoms with Crippen LogP contribution in [0.2, 0.25) is 0 Å². The molecule has 1 saturated heterocycles. The molecule has 0 atom stereocenters. The van der Waals surface area contributed by atoms with Crippen LogP contribution < -0.4 is 9.47 Å². The maximum absolute atomic E-state index is 12.4. The first kappa shape index (κ1) is 19.3. The van der Waals surface area contributed by atoms with Crippen molar-refractivity contribution < 1.29 is 24.2 Å². The third-order valence-corrected chi connectivity index (χ3v) is 4.75. The van der Waals surface area contributed by atoms with Crippen molar-refractivity contribution in [2.24, 2.45) is 0 Å². The SMILES string of the molecule is CCCOc1ccc(/C=C2\SC(=S)N(CCC(=O)O)C2=O)cc1OC. The Hall–Kier alpha value is -2.06. The predicted octanol–water partition coefficient (Wildman–Crippen LogP) is 3.16. The number of carboxylic acid groups (broad SMARTS) is 1. The van der Waals surface area contributed by atoms with Crippen molar-refractivity contribution in [1.82, 2.24) is 4.90 Å². The number of amides is 1. The van der Waals surface area contributed by atoms with Crippen molar-refractivity contribution in [3.8, 4) is 11.5 Å². The summed E-state index contributed by atoms with van der Waals surface area (Å²) in [6, 6.07) is 5.41. The lowest BCUT2D eigenvalue weighted by Crippen LogP contribution is -2.30. The third-order valence-electron chi connectivity index (χ3n) is 3.37. The number of aliphatic carboxylic acids is 1. The maximum Gasteiger partial charge on any atom is 0.305 e. The minimum absolute atomic E-state index is 0.0739. The highest BCUT2D eigenvalue weighted by atomic mass is 32.2. The molecular weight excluding hydrogens is 362 g/mol. The van der Waals surface area contributed by atoms with E-state index >= 15 is 0 Å². The zero-order valence-electron chi connectivity index (χ0n) is 14.0. The predicted molar refractivity (Wildman–Crippen MR) is 101 cm³/mol. The van der Waals surface area contributed by atoms with E-state index in [-0.39, 0.29) is 18.9 Å².